The van der Waals surface area contributed by atoms with Crippen molar-refractivity contribution in [3.63, 3.8) is 0 Å². The number of carbonyl (C=O) groups is 2. The highest BCUT2D eigenvalue weighted by atomic mass is 19.4. The minimum absolute atomic E-state index is 0.00412. The number of hydrogen-bond donors (Lipinski definition) is 1. The molecule has 0 aromatic heterocycles. The fourth-order valence-electron chi connectivity index (χ4n) is 2.83. The first-order valence-corrected chi connectivity index (χ1v) is 9.31. The first kappa shape index (κ1) is 21.7. The van der Waals surface area contributed by atoms with E-state index in [9.17, 15) is 22.8 Å². The Balaban J connectivity index is 0.000000221. The number of nitrogens with zero attached hydrogens (tertiary/aromatic N) is 1. The van der Waals surface area contributed by atoms with Crippen LogP contribution < -0.4 is 5.32 Å². The van der Waals surface area contributed by atoms with Gasteiger partial charge in [-0.3, -0.25) is 9.59 Å². The molecular formula is C21H25F3N2O2. The molecule has 1 saturated heterocycles. The van der Waals surface area contributed by atoms with Crippen LogP contribution in [0, 0.1) is 5.92 Å². The fraction of sp³-hybridized carbons (Fsp3) is 0.429. The maximum absolute atomic E-state index is 11.9. The second-order valence-corrected chi connectivity index (χ2v) is 7.16. The Bertz CT molecular complexity index is 813. The zero-order valence-electron chi connectivity index (χ0n) is 16.1. The van der Waals surface area contributed by atoms with Crippen LogP contribution in [-0.2, 0) is 4.79 Å². The third kappa shape index (κ3) is 6.25. The minimum Gasteiger partial charge on any atom is -0.352 e. The number of amides is 2. The van der Waals surface area contributed by atoms with Gasteiger partial charge in [-0.2, -0.15) is 13.2 Å². The molecule has 1 fully saturated rings. The molecule has 2 aromatic carbocycles. The molecule has 152 valence electrons. The number of benzene rings is 2. The summed E-state index contributed by atoms with van der Waals surface area (Å²) in [5, 5.41) is 5.19. The topological polar surface area (TPSA) is 49.4 Å². The van der Waals surface area contributed by atoms with Crippen LogP contribution in [0.1, 0.15) is 37.0 Å². The van der Waals surface area contributed by atoms with Gasteiger partial charge in [0.05, 0.1) is 0 Å². The molecule has 1 heterocycles. The molecular weight excluding hydrogens is 369 g/mol. The van der Waals surface area contributed by atoms with E-state index < -0.39 is 12.1 Å². The van der Waals surface area contributed by atoms with Crippen LogP contribution in [0.25, 0.3) is 10.8 Å². The van der Waals surface area contributed by atoms with E-state index in [4.69, 9.17) is 0 Å². The second kappa shape index (κ2) is 9.57. The lowest BCUT2D eigenvalue weighted by Crippen LogP contribution is -2.39. The summed E-state index contributed by atoms with van der Waals surface area (Å²) in [5.74, 6) is -1.22. The van der Waals surface area contributed by atoms with Crippen LogP contribution in [0.3, 0.4) is 0 Å². The average Bonchev–Trinajstić information content (AvgIpc) is 3.19. The van der Waals surface area contributed by atoms with Gasteiger partial charge < -0.3 is 10.2 Å². The highest BCUT2D eigenvalue weighted by Gasteiger charge is 2.42. The normalized spacial score (nSPS) is 14.0. The maximum Gasteiger partial charge on any atom is 0.471 e. The molecule has 7 heteroatoms. The molecule has 2 amide bonds. The van der Waals surface area contributed by atoms with Crippen molar-refractivity contribution in [3.05, 3.63) is 48.0 Å². The Labute approximate surface area is 162 Å². The lowest BCUT2D eigenvalue weighted by Gasteiger charge is -2.16. The van der Waals surface area contributed by atoms with Crippen LogP contribution in [0.2, 0.25) is 0 Å². The van der Waals surface area contributed by atoms with Gasteiger partial charge in [0, 0.05) is 25.2 Å². The highest BCUT2D eigenvalue weighted by Crippen LogP contribution is 2.21. The number of carbonyl (C=O) groups excluding carboxylic acids is 2. The van der Waals surface area contributed by atoms with Crippen LogP contribution >= 0.6 is 0 Å². The average molecular weight is 394 g/mol. The van der Waals surface area contributed by atoms with E-state index in [1.54, 1.807) is 0 Å². The summed E-state index contributed by atoms with van der Waals surface area (Å²) in [6.07, 6.45) is -3.33. The van der Waals surface area contributed by atoms with Crippen molar-refractivity contribution in [2.45, 2.75) is 32.9 Å². The van der Waals surface area contributed by atoms with Crippen LogP contribution in [-0.4, -0.2) is 42.5 Å². The molecule has 1 N–H and O–H groups in total. The molecule has 4 nitrogen and oxygen atoms in total. The number of likely N-dealkylation sites (tertiary alicyclic amines) is 1. The van der Waals surface area contributed by atoms with E-state index in [1.165, 1.54) is 0 Å². The molecule has 0 radical (unpaired) electrons. The van der Waals surface area contributed by atoms with Crippen molar-refractivity contribution in [2.75, 3.05) is 19.6 Å². The van der Waals surface area contributed by atoms with Gasteiger partial charge in [0.1, 0.15) is 0 Å². The lowest BCUT2D eigenvalue weighted by atomic mass is 10.1. The Kier molecular flexibility index (Phi) is 7.43. The number of alkyl halides is 3. The predicted octanol–water partition coefficient (Wildman–Crippen LogP) is 4.40. The van der Waals surface area contributed by atoms with E-state index in [1.807, 2.05) is 42.5 Å². The Morgan fingerprint density at radius 2 is 1.64 bits per heavy atom. The molecule has 0 aliphatic carbocycles. The second-order valence-electron chi connectivity index (χ2n) is 7.16. The van der Waals surface area contributed by atoms with Crippen molar-refractivity contribution >= 4 is 22.6 Å². The summed E-state index contributed by atoms with van der Waals surface area (Å²) in [5.41, 5.74) is 0.726. The van der Waals surface area contributed by atoms with Gasteiger partial charge in [-0.1, -0.05) is 44.2 Å². The third-order valence-electron chi connectivity index (χ3n) is 4.32. The van der Waals surface area contributed by atoms with E-state index in [0.29, 0.717) is 25.3 Å². The van der Waals surface area contributed by atoms with Gasteiger partial charge in [0.2, 0.25) is 0 Å². The summed E-state index contributed by atoms with van der Waals surface area (Å²) in [4.78, 5) is 23.2. The molecule has 0 unspecified atom stereocenters. The lowest BCUT2D eigenvalue weighted by molar-refractivity contribution is -0.184. The number of nitrogens with one attached hydrogen (secondary N) is 1. The molecule has 0 saturated carbocycles. The van der Waals surface area contributed by atoms with Crippen molar-refractivity contribution in [3.8, 4) is 0 Å². The molecule has 0 bridgehead atoms. The molecule has 3 rings (SSSR count). The van der Waals surface area contributed by atoms with Crippen molar-refractivity contribution in [1.82, 2.24) is 10.2 Å². The summed E-state index contributed by atoms with van der Waals surface area (Å²) in [7, 11) is 0. The van der Waals surface area contributed by atoms with E-state index in [0.717, 1.165) is 21.2 Å². The molecule has 0 atom stereocenters. The molecule has 28 heavy (non-hydrogen) atoms. The third-order valence-corrected chi connectivity index (χ3v) is 4.32. The highest BCUT2D eigenvalue weighted by molar-refractivity contribution is 5.98. The number of fused-ring (bicyclic) bond motifs is 1. The minimum atomic E-state index is -4.69. The van der Waals surface area contributed by atoms with Crippen LogP contribution in [0.15, 0.2) is 42.5 Å². The Morgan fingerprint density at radius 3 is 2.21 bits per heavy atom. The fourth-order valence-corrected chi connectivity index (χ4v) is 2.83. The summed E-state index contributed by atoms with van der Waals surface area (Å²) < 4.78 is 35.1. The van der Waals surface area contributed by atoms with Gasteiger partial charge in [-0.15, -0.1) is 0 Å². The van der Waals surface area contributed by atoms with Crippen LogP contribution in [0.5, 0.6) is 0 Å². The first-order chi connectivity index (χ1) is 13.2. The van der Waals surface area contributed by atoms with Gasteiger partial charge in [-0.25, -0.2) is 0 Å². The molecule has 2 aromatic rings. The van der Waals surface area contributed by atoms with Gasteiger partial charge in [0.15, 0.2) is 0 Å². The zero-order chi connectivity index (χ0) is 20.7. The van der Waals surface area contributed by atoms with E-state index >= 15 is 0 Å². The van der Waals surface area contributed by atoms with Gasteiger partial charge in [-0.05, 0) is 41.7 Å². The summed E-state index contributed by atoms with van der Waals surface area (Å²) in [6, 6.07) is 13.8. The Morgan fingerprint density at radius 1 is 1.04 bits per heavy atom. The number of rotatable bonds is 3. The molecule has 1 aliphatic heterocycles. The number of halogens is 3. The molecule has 0 spiro atoms. The van der Waals surface area contributed by atoms with Crippen molar-refractivity contribution in [2.24, 2.45) is 5.92 Å². The largest absolute Gasteiger partial charge is 0.471 e. The maximum atomic E-state index is 11.9. The predicted molar refractivity (Wildman–Crippen MR) is 103 cm³/mol. The number of hydrogen-bond acceptors (Lipinski definition) is 2. The van der Waals surface area contributed by atoms with Crippen LogP contribution in [0.4, 0.5) is 13.2 Å². The van der Waals surface area contributed by atoms with Gasteiger partial charge in [0.25, 0.3) is 5.91 Å². The first-order valence-electron chi connectivity index (χ1n) is 9.31. The zero-order valence-corrected chi connectivity index (χ0v) is 16.1. The quantitative estimate of drug-likeness (QED) is 0.839. The SMILES string of the molecule is CC(C)CNC(=O)c1ccc2ccccc2c1.O=C(N1CCCC1)C(F)(F)F. The van der Waals surface area contributed by atoms with E-state index in [2.05, 4.69) is 19.2 Å². The van der Waals surface area contributed by atoms with Crippen molar-refractivity contribution < 1.29 is 22.8 Å². The van der Waals surface area contributed by atoms with E-state index in [-0.39, 0.29) is 19.0 Å². The molecule has 1 aliphatic rings. The van der Waals surface area contributed by atoms with Gasteiger partial charge >= 0.3 is 12.1 Å². The summed E-state index contributed by atoms with van der Waals surface area (Å²) >= 11 is 0. The standard InChI is InChI=1S/C15H17NO.C6H8F3NO/c1-11(2)10-16-15(17)14-8-7-12-5-3-4-6-13(12)9-14;7-6(8,9)5(11)10-3-1-2-4-10/h3-9,11H,10H2,1-2H3,(H,16,17);1-4H2. The van der Waals surface area contributed by atoms with Crippen molar-refractivity contribution in [1.29, 1.82) is 0 Å². The Hall–Kier alpha value is -2.57. The smallest absolute Gasteiger partial charge is 0.352 e. The monoisotopic (exact) mass is 394 g/mol. The summed E-state index contributed by atoms with van der Waals surface area (Å²) in [6.45, 7) is 5.38.